The molecule has 0 aromatic carbocycles. The van der Waals surface area contributed by atoms with Gasteiger partial charge >= 0.3 is 0 Å². The molecule has 0 aliphatic carbocycles. The zero-order valence-electron chi connectivity index (χ0n) is 8.48. The van der Waals surface area contributed by atoms with E-state index in [1.54, 1.807) is 11.3 Å². The second-order valence-corrected chi connectivity index (χ2v) is 4.24. The summed E-state index contributed by atoms with van der Waals surface area (Å²) < 4.78 is 4.98. The maximum absolute atomic E-state index is 10.9. The molecule has 0 unspecified atom stereocenters. The molecule has 0 amide bonds. The van der Waals surface area contributed by atoms with E-state index in [9.17, 15) is 4.79 Å². The van der Waals surface area contributed by atoms with Crippen LogP contribution in [0, 0.1) is 6.92 Å². The number of carbonyl (C=O) groups excluding carboxylic acids is 1. The maximum atomic E-state index is 10.9. The number of hydrogen-bond acceptors (Lipinski definition) is 5. The number of Topliss-reactive ketones (excluding diaryl/α,β-unsaturated/α-hetero) is 1. The molecule has 2 aromatic rings. The lowest BCUT2D eigenvalue weighted by molar-refractivity contribution is -0.116. The molecule has 2 aromatic heterocycles. The molecular weight excluding hydrogens is 212 g/mol. The number of rotatable bonds is 3. The number of nitrogens with zero attached hydrogens (tertiary/aromatic N) is 2. The summed E-state index contributed by atoms with van der Waals surface area (Å²) >= 11 is 1.56. The Labute approximate surface area is 90.9 Å². The van der Waals surface area contributed by atoms with E-state index in [4.69, 9.17) is 4.52 Å². The van der Waals surface area contributed by atoms with Gasteiger partial charge in [0.1, 0.15) is 5.78 Å². The minimum Gasteiger partial charge on any atom is -0.338 e. The third-order valence-corrected chi connectivity index (χ3v) is 2.95. The van der Waals surface area contributed by atoms with E-state index in [1.807, 2.05) is 18.4 Å². The van der Waals surface area contributed by atoms with Gasteiger partial charge in [-0.05, 0) is 30.9 Å². The molecule has 0 atom stereocenters. The number of ketones is 1. The zero-order chi connectivity index (χ0) is 10.8. The van der Waals surface area contributed by atoms with Crippen LogP contribution in [0.2, 0.25) is 0 Å². The number of aryl methyl sites for hydroxylation is 1. The monoisotopic (exact) mass is 222 g/mol. The van der Waals surface area contributed by atoms with Crippen LogP contribution in [0.25, 0.3) is 10.7 Å². The Bertz CT molecular complexity index is 487. The molecule has 0 spiro atoms. The molecule has 0 fully saturated rings. The van der Waals surface area contributed by atoms with E-state index < -0.39 is 0 Å². The molecule has 15 heavy (non-hydrogen) atoms. The molecule has 0 saturated heterocycles. The third kappa shape index (κ3) is 2.12. The molecule has 5 heteroatoms. The van der Waals surface area contributed by atoms with Crippen molar-refractivity contribution in [3.63, 3.8) is 0 Å². The summed E-state index contributed by atoms with van der Waals surface area (Å²) in [5, 5.41) is 5.82. The van der Waals surface area contributed by atoms with Crippen LogP contribution in [-0.4, -0.2) is 15.9 Å². The van der Waals surface area contributed by atoms with Gasteiger partial charge in [-0.3, -0.25) is 4.79 Å². The van der Waals surface area contributed by atoms with Gasteiger partial charge in [0, 0.05) is 0 Å². The first-order chi connectivity index (χ1) is 7.16. The topological polar surface area (TPSA) is 56.0 Å². The van der Waals surface area contributed by atoms with E-state index in [-0.39, 0.29) is 12.2 Å². The molecule has 0 saturated carbocycles. The van der Waals surface area contributed by atoms with Crippen molar-refractivity contribution in [1.29, 1.82) is 0 Å². The third-order valence-electron chi connectivity index (χ3n) is 1.93. The molecule has 0 aliphatic heterocycles. The average Bonchev–Trinajstić information content (AvgIpc) is 2.72. The molecule has 4 nitrogen and oxygen atoms in total. The Morgan fingerprint density at radius 2 is 2.40 bits per heavy atom. The predicted molar refractivity (Wildman–Crippen MR) is 56.7 cm³/mol. The van der Waals surface area contributed by atoms with Gasteiger partial charge in [0.05, 0.1) is 11.3 Å². The van der Waals surface area contributed by atoms with Gasteiger partial charge in [-0.1, -0.05) is 5.16 Å². The Balaban J connectivity index is 2.28. The van der Waals surface area contributed by atoms with Crippen molar-refractivity contribution in [1.82, 2.24) is 10.1 Å². The standard InChI is InChI=1S/C10H10N2O2S/c1-6-3-4-15-9(6)10-11-8(14-12-10)5-7(2)13/h3-4H,5H2,1-2H3. The highest BCUT2D eigenvalue weighted by Crippen LogP contribution is 2.26. The van der Waals surface area contributed by atoms with Gasteiger partial charge in [-0.2, -0.15) is 4.98 Å². The van der Waals surface area contributed by atoms with Crippen LogP contribution >= 0.6 is 11.3 Å². The van der Waals surface area contributed by atoms with Gasteiger partial charge in [-0.25, -0.2) is 0 Å². The highest BCUT2D eigenvalue weighted by atomic mass is 32.1. The van der Waals surface area contributed by atoms with Crippen LogP contribution in [-0.2, 0) is 11.2 Å². The normalized spacial score (nSPS) is 10.5. The molecule has 0 radical (unpaired) electrons. The highest BCUT2D eigenvalue weighted by molar-refractivity contribution is 7.13. The minimum absolute atomic E-state index is 0.0214. The average molecular weight is 222 g/mol. The fourth-order valence-corrected chi connectivity index (χ4v) is 2.08. The van der Waals surface area contributed by atoms with Crippen molar-refractivity contribution in [2.45, 2.75) is 20.3 Å². The van der Waals surface area contributed by atoms with Crippen LogP contribution in [0.1, 0.15) is 18.4 Å². The Morgan fingerprint density at radius 1 is 1.60 bits per heavy atom. The Kier molecular flexibility index (Phi) is 2.64. The number of hydrogen-bond donors (Lipinski definition) is 0. The summed E-state index contributed by atoms with van der Waals surface area (Å²) in [7, 11) is 0. The van der Waals surface area contributed by atoms with Crippen molar-refractivity contribution >= 4 is 17.1 Å². The first-order valence-corrected chi connectivity index (χ1v) is 5.41. The molecular formula is C10H10N2O2S. The summed E-state index contributed by atoms with van der Waals surface area (Å²) in [5.41, 5.74) is 1.12. The highest BCUT2D eigenvalue weighted by Gasteiger charge is 2.12. The molecule has 2 heterocycles. The fourth-order valence-electron chi connectivity index (χ4n) is 1.23. The van der Waals surface area contributed by atoms with Gasteiger partial charge in [0.25, 0.3) is 0 Å². The quantitative estimate of drug-likeness (QED) is 0.799. The molecule has 2 rings (SSSR count). The van der Waals surface area contributed by atoms with E-state index in [1.165, 1.54) is 6.92 Å². The van der Waals surface area contributed by atoms with Gasteiger partial charge in [-0.15, -0.1) is 11.3 Å². The van der Waals surface area contributed by atoms with Gasteiger partial charge < -0.3 is 4.52 Å². The largest absolute Gasteiger partial charge is 0.338 e. The smallest absolute Gasteiger partial charge is 0.234 e. The van der Waals surface area contributed by atoms with Crippen molar-refractivity contribution in [3.05, 3.63) is 22.9 Å². The van der Waals surface area contributed by atoms with E-state index >= 15 is 0 Å². The summed E-state index contributed by atoms with van der Waals surface area (Å²) in [5.74, 6) is 0.970. The minimum atomic E-state index is 0.0214. The summed E-state index contributed by atoms with van der Waals surface area (Å²) in [6.07, 6.45) is 0.206. The predicted octanol–water partition coefficient (Wildman–Crippen LogP) is 2.24. The molecule has 0 N–H and O–H groups in total. The molecule has 0 aliphatic rings. The Hall–Kier alpha value is -1.49. The first kappa shape index (κ1) is 10.0. The summed E-state index contributed by atoms with van der Waals surface area (Å²) in [6, 6.07) is 2.00. The van der Waals surface area contributed by atoms with Crippen molar-refractivity contribution < 1.29 is 9.32 Å². The van der Waals surface area contributed by atoms with Crippen LogP contribution in [0.15, 0.2) is 16.0 Å². The number of thiophene rings is 1. The van der Waals surface area contributed by atoms with Crippen molar-refractivity contribution in [2.24, 2.45) is 0 Å². The lowest BCUT2D eigenvalue weighted by Gasteiger charge is -1.88. The maximum Gasteiger partial charge on any atom is 0.234 e. The van der Waals surface area contributed by atoms with Gasteiger partial charge in [0.15, 0.2) is 0 Å². The second-order valence-electron chi connectivity index (χ2n) is 3.32. The number of aromatic nitrogens is 2. The van der Waals surface area contributed by atoms with Crippen LogP contribution in [0.3, 0.4) is 0 Å². The molecule has 78 valence electrons. The van der Waals surface area contributed by atoms with Crippen molar-refractivity contribution in [2.75, 3.05) is 0 Å². The van der Waals surface area contributed by atoms with Crippen molar-refractivity contribution in [3.8, 4) is 10.7 Å². The summed E-state index contributed by atoms with van der Waals surface area (Å²) in [6.45, 7) is 3.49. The van der Waals surface area contributed by atoms with Gasteiger partial charge in [0.2, 0.25) is 11.7 Å². The van der Waals surface area contributed by atoms with E-state index in [2.05, 4.69) is 10.1 Å². The number of carbonyl (C=O) groups is 1. The zero-order valence-corrected chi connectivity index (χ0v) is 9.30. The lowest BCUT2D eigenvalue weighted by atomic mass is 10.3. The Morgan fingerprint density at radius 3 is 3.00 bits per heavy atom. The van der Waals surface area contributed by atoms with E-state index in [0.29, 0.717) is 11.7 Å². The van der Waals surface area contributed by atoms with Crippen LogP contribution in [0.5, 0.6) is 0 Å². The van der Waals surface area contributed by atoms with Crippen LogP contribution < -0.4 is 0 Å². The lowest BCUT2D eigenvalue weighted by Crippen LogP contribution is -1.95. The fraction of sp³-hybridized carbons (Fsp3) is 0.300. The summed E-state index contributed by atoms with van der Waals surface area (Å²) in [4.78, 5) is 16.0. The SMILES string of the molecule is CC(=O)Cc1nc(-c2sccc2C)no1. The second kappa shape index (κ2) is 3.94. The first-order valence-electron chi connectivity index (χ1n) is 4.53. The van der Waals surface area contributed by atoms with E-state index in [0.717, 1.165) is 10.4 Å². The van der Waals surface area contributed by atoms with Crippen LogP contribution in [0.4, 0.5) is 0 Å². The molecule has 0 bridgehead atoms.